The smallest absolute Gasteiger partial charge is 0.269 e. The van der Waals surface area contributed by atoms with Gasteiger partial charge in [-0.3, -0.25) is 24.5 Å². The summed E-state index contributed by atoms with van der Waals surface area (Å²) in [6.45, 7) is 1.44. The number of fused-ring (bicyclic) bond motifs is 5. The second-order valence-electron chi connectivity index (χ2n) is 7.71. The van der Waals surface area contributed by atoms with Gasteiger partial charge in [0.25, 0.3) is 5.69 Å². The van der Waals surface area contributed by atoms with Gasteiger partial charge >= 0.3 is 0 Å². The first-order valence-electron chi connectivity index (χ1n) is 9.58. The predicted octanol–water partition coefficient (Wildman–Crippen LogP) is 2.57. The molecule has 5 rings (SSSR count). The third kappa shape index (κ3) is 2.36. The number of carbonyl (C=O) groups excluding carboxylic acids is 3. The molecule has 3 heterocycles. The highest BCUT2D eigenvalue weighted by atomic mass is 16.6. The number of hydrogen-bond donors (Lipinski definition) is 0. The fourth-order valence-corrected chi connectivity index (χ4v) is 4.95. The number of benzene rings is 2. The SMILES string of the molecule is CC(=O)[C@@H]1[C@@H]2C(=O)N(c3ccc([N+](=O)[O-])cc3)C(=O)[C@H]2[C@@H]2C=Cc3ccccc3N12. The zero-order chi connectivity index (χ0) is 21.2. The third-order valence-electron chi connectivity index (χ3n) is 6.15. The van der Waals surface area contributed by atoms with Crippen LogP contribution in [-0.2, 0) is 14.4 Å². The molecule has 150 valence electrons. The zero-order valence-electron chi connectivity index (χ0n) is 16.0. The number of carbonyl (C=O) groups is 3. The van der Waals surface area contributed by atoms with E-state index >= 15 is 0 Å². The van der Waals surface area contributed by atoms with Crippen molar-refractivity contribution in [3.63, 3.8) is 0 Å². The number of para-hydroxylation sites is 1. The lowest BCUT2D eigenvalue weighted by molar-refractivity contribution is -0.384. The number of non-ortho nitro benzene ring substituents is 1. The molecule has 2 aromatic carbocycles. The van der Waals surface area contributed by atoms with E-state index in [0.717, 1.165) is 16.2 Å². The van der Waals surface area contributed by atoms with Crippen molar-refractivity contribution >= 4 is 40.7 Å². The molecular formula is C22H17N3O5. The lowest BCUT2D eigenvalue weighted by atomic mass is 9.88. The van der Waals surface area contributed by atoms with E-state index in [9.17, 15) is 24.5 Å². The Morgan fingerprint density at radius 1 is 1.00 bits per heavy atom. The molecule has 0 bridgehead atoms. The predicted molar refractivity (Wildman–Crippen MR) is 109 cm³/mol. The standard InChI is InChI=1S/C22H17N3O5/c1-12(26)20-19-18(17-11-6-13-4-2-3-5-16(13)24(17)20)21(27)23(22(19)28)14-7-9-15(10-8-14)25(29)30/h2-11,17-20H,1H3/t17-,18-,19+,20+/m0/s1. The average molecular weight is 403 g/mol. The zero-order valence-corrected chi connectivity index (χ0v) is 16.0. The molecule has 3 aliphatic rings. The molecule has 2 saturated heterocycles. The van der Waals surface area contributed by atoms with Crippen LogP contribution in [0.25, 0.3) is 6.08 Å². The molecule has 2 aromatic rings. The van der Waals surface area contributed by atoms with Gasteiger partial charge in [0.2, 0.25) is 11.8 Å². The summed E-state index contributed by atoms with van der Waals surface area (Å²) in [5.41, 5.74) is 1.92. The first-order valence-corrected chi connectivity index (χ1v) is 9.58. The number of nitrogens with zero attached hydrogens (tertiary/aromatic N) is 3. The van der Waals surface area contributed by atoms with Crippen molar-refractivity contribution in [2.45, 2.75) is 19.0 Å². The van der Waals surface area contributed by atoms with E-state index in [0.29, 0.717) is 0 Å². The van der Waals surface area contributed by atoms with Crippen LogP contribution in [0, 0.1) is 22.0 Å². The number of nitro groups is 1. The summed E-state index contributed by atoms with van der Waals surface area (Å²) in [5.74, 6) is -2.50. The molecule has 0 saturated carbocycles. The molecule has 0 spiro atoms. The maximum absolute atomic E-state index is 13.4. The largest absolute Gasteiger partial charge is 0.353 e. The molecule has 0 unspecified atom stereocenters. The second kappa shape index (κ2) is 6.35. The highest BCUT2D eigenvalue weighted by Gasteiger charge is 2.63. The summed E-state index contributed by atoms with van der Waals surface area (Å²) in [6.07, 6.45) is 3.80. The van der Waals surface area contributed by atoms with Gasteiger partial charge in [-0.1, -0.05) is 30.4 Å². The summed E-state index contributed by atoms with van der Waals surface area (Å²) in [5, 5.41) is 10.9. The van der Waals surface area contributed by atoms with Crippen LogP contribution in [0.15, 0.2) is 54.6 Å². The first-order chi connectivity index (χ1) is 14.4. The third-order valence-corrected chi connectivity index (χ3v) is 6.15. The molecule has 3 aliphatic heterocycles. The van der Waals surface area contributed by atoms with E-state index in [1.54, 1.807) is 0 Å². The summed E-state index contributed by atoms with van der Waals surface area (Å²) in [4.78, 5) is 52.7. The quantitative estimate of drug-likeness (QED) is 0.444. The van der Waals surface area contributed by atoms with Crippen molar-refractivity contribution in [1.82, 2.24) is 0 Å². The van der Waals surface area contributed by atoms with Crippen LogP contribution in [0.2, 0.25) is 0 Å². The van der Waals surface area contributed by atoms with Crippen molar-refractivity contribution in [2.75, 3.05) is 9.80 Å². The Labute approximate surface area is 171 Å². The van der Waals surface area contributed by atoms with Crippen molar-refractivity contribution in [3.05, 3.63) is 70.3 Å². The number of amides is 2. The van der Waals surface area contributed by atoms with Crippen LogP contribution < -0.4 is 9.80 Å². The molecule has 2 amide bonds. The number of anilines is 2. The van der Waals surface area contributed by atoms with Gasteiger partial charge in [0.05, 0.1) is 28.5 Å². The van der Waals surface area contributed by atoms with Crippen molar-refractivity contribution in [3.8, 4) is 0 Å². The minimum atomic E-state index is -0.800. The van der Waals surface area contributed by atoms with Crippen LogP contribution in [0.1, 0.15) is 12.5 Å². The molecule has 2 fully saturated rings. The van der Waals surface area contributed by atoms with Gasteiger partial charge in [-0.05, 0) is 30.7 Å². The van der Waals surface area contributed by atoms with Gasteiger partial charge in [-0.25, -0.2) is 4.90 Å². The number of Topliss-reactive ketones (excluding diaryl/α,β-unsaturated/α-hetero) is 1. The highest BCUT2D eigenvalue weighted by Crippen LogP contribution is 2.49. The van der Waals surface area contributed by atoms with E-state index in [2.05, 4.69) is 0 Å². The number of imide groups is 1. The summed E-state index contributed by atoms with van der Waals surface area (Å²) in [6, 6.07) is 11.7. The maximum Gasteiger partial charge on any atom is 0.269 e. The monoisotopic (exact) mass is 403 g/mol. The lowest BCUT2D eigenvalue weighted by Crippen LogP contribution is -2.48. The van der Waals surface area contributed by atoms with Gasteiger partial charge in [-0.15, -0.1) is 0 Å². The van der Waals surface area contributed by atoms with Gasteiger partial charge in [-0.2, -0.15) is 0 Å². The number of nitro benzene ring substituents is 1. The normalized spacial score (nSPS) is 26.4. The summed E-state index contributed by atoms with van der Waals surface area (Å²) >= 11 is 0. The summed E-state index contributed by atoms with van der Waals surface area (Å²) < 4.78 is 0. The Bertz CT molecular complexity index is 1140. The molecule has 8 nitrogen and oxygen atoms in total. The first kappa shape index (κ1) is 18.2. The fourth-order valence-electron chi connectivity index (χ4n) is 4.95. The van der Waals surface area contributed by atoms with Crippen molar-refractivity contribution in [2.24, 2.45) is 11.8 Å². The van der Waals surface area contributed by atoms with Gasteiger partial charge in [0, 0.05) is 17.8 Å². The average Bonchev–Trinajstić information content (AvgIpc) is 3.21. The van der Waals surface area contributed by atoms with Gasteiger partial charge in [0.15, 0.2) is 5.78 Å². The van der Waals surface area contributed by atoms with Gasteiger partial charge in [0.1, 0.15) is 6.04 Å². The molecule has 0 radical (unpaired) electrons. The Balaban J connectivity index is 1.58. The molecule has 0 N–H and O–H groups in total. The molecule has 8 heteroatoms. The topological polar surface area (TPSA) is 101 Å². The minimum Gasteiger partial charge on any atom is -0.353 e. The molecule has 0 aliphatic carbocycles. The Hall–Kier alpha value is -3.81. The molecule has 4 atom stereocenters. The van der Waals surface area contributed by atoms with E-state index in [-0.39, 0.29) is 23.1 Å². The molecule has 0 aromatic heterocycles. The highest BCUT2D eigenvalue weighted by molar-refractivity contribution is 6.24. The Kier molecular flexibility index (Phi) is 3.86. The molecule has 30 heavy (non-hydrogen) atoms. The number of hydrogen-bond acceptors (Lipinski definition) is 6. The Morgan fingerprint density at radius 3 is 2.33 bits per heavy atom. The van der Waals surface area contributed by atoms with Crippen LogP contribution in [-0.4, -0.2) is 34.6 Å². The van der Waals surface area contributed by atoms with Gasteiger partial charge < -0.3 is 4.90 Å². The Morgan fingerprint density at radius 2 is 1.67 bits per heavy atom. The maximum atomic E-state index is 13.4. The fraction of sp³-hybridized carbons (Fsp3) is 0.227. The van der Waals surface area contributed by atoms with Crippen molar-refractivity contribution < 1.29 is 19.3 Å². The van der Waals surface area contributed by atoms with Crippen LogP contribution in [0.5, 0.6) is 0 Å². The van der Waals surface area contributed by atoms with Crippen LogP contribution in [0.4, 0.5) is 17.1 Å². The van der Waals surface area contributed by atoms with E-state index in [1.807, 2.05) is 41.3 Å². The van der Waals surface area contributed by atoms with E-state index in [1.165, 1.54) is 31.2 Å². The minimum absolute atomic E-state index is 0.127. The number of rotatable bonds is 3. The van der Waals surface area contributed by atoms with Crippen LogP contribution in [0.3, 0.4) is 0 Å². The van der Waals surface area contributed by atoms with E-state index in [4.69, 9.17) is 0 Å². The second-order valence-corrected chi connectivity index (χ2v) is 7.71. The van der Waals surface area contributed by atoms with Crippen LogP contribution >= 0.6 is 0 Å². The van der Waals surface area contributed by atoms with E-state index < -0.39 is 34.7 Å². The summed E-state index contributed by atoms with van der Waals surface area (Å²) in [7, 11) is 0. The number of ketones is 1. The molecular weight excluding hydrogens is 386 g/mol. The lowest BCUT2D eigenvalue weighted by Gasteiger charge is -2.36. The van der Waals surface area contributed by atoms with Crippen molar-refractivity contribution in [1.29, 1.82) is 0 Å².